The molecule has 1 heterocycles. The molecule has 2 aromatic rings. The zero-order chi connectivity index (χ0) is 12.3. The molecule has 0 aliphatic carbocycles. The van der Waals surface area contributed by atoms with Crippen LogP contribution in [0.2, 0.25) is 5.02 Å². The van der Waals surface area contributed by atoms with Crippen LogP contribution in [0.25, 0.3) is 0 Å². The van der Waals surface area contributed by atoms with E-state index in [1.165, 1.54) is 14.9 Å². The lowest BCUT2D eigenvalue weighted by Gasteiger charge is -2.16. The van der Waals surface area contributed by atoms with Gasteiger partial charge < -0.3 is 0 Å². The number of benzene rings is 1. The predicted molar refractivity (Wildman–Crippen MR) is 78.6 cm³/mol. The van der Waals surface area contributed by atoms with Crippen molar-refractivity contribution in [2.45, 2.75) is 13.1 Å². The van der Waals surface area contributed by atoms with Gasteiger partial charge in [-0.2, -0.15) is 0 Å². The fourth-order valence-corrected chi connectivity index (χ4v) is 3.32. The minimum Gasteiger partial charge on any atom is -0.297 e. The van der Waals surface area contributed by atoms with Gasteiger partial charge in [-0.25, -0.2) is 0 Å². The van der Waals surface area contributed by atoms with E-state index in [1.54, 1.807) is 11.3 Å². The van der Waals surface area contributed by atoms with Gasteiger partial charge in [0.15, 0.2) is 0 Å². The fourth-order valence-electron chi connectivity index (χ4n) is 1.64. The van der Waals surface area contributed by atoms with E-state index in [0.717, 1.165) is 18.1 Å². The lowest BCUT2D eigenvalue weighted by molar-refractivity contribution is 0.321. The van der Waals surface area contributed by atoms with Gasteiger partial charge in [0.2, 0.25) is 0 Å². The Balaban J connectivity index is 1.95. The van der Waals surface area contributed by atoms with E-state index in [-0.39, 0.29) is 0 Å². The van der Waals surface area contributed by atoms with Gasteiger partial charge in [0.1, 0.15) is 0 Å². The summed E-state index contributed by atoms with van der Waals surface area (Å²) in [4.78, 5) is 3.65. The lowest BCUT2D eigenvalue weighted by atomic mass is 10.2. The third kappa shape index (κ3) is 3.81. The summed E-state index contributed by atoms with van der Waals surface area (Å²) in [5.41, 5.74) is 1.28. The summed E-state index contributed by atoms with van der Waals surface area (Å²) in [7, 11) is 2.13. The first kappa shape index (κ1) is 13.1. The molecule has 17 heavy (non-hydrogen) atoms. The van der Waals surface area contributed by atoms with Crippen LogP contribution in [-0.2, 0) is 13.1 Å². The normalized spacial score (nSPS) is 11.1. The molecule has 0 amide bonds. The SMILES string of the molecule is CN(Cc1ccc(Cl)cc1)Cc1sccc1Br. The van der Waals surface area contributed by atoms with Gasteiger partial charge in [0, 0.05) is 27.5 Å². The molecule has 0 fully saturated rings. The van der Waals surface area contributed by atoms with E-state index in [9.17, 15) is 0 Å². The van der Waals surface area contributed by atoms with Crippen LogP contribution >= 0.6 is 38.9 Å². The number of hydrogen-bond acceptors (Lipinski definition) is 2. The summed E-state index contributed by atoms with van der Waals surface area (Å²) >= 11 is 11.2. The van der Waals surface area contributed by atoms with E-state index in [1.807, 2.05) is 12.1 Å². The Hall–Kier alpha value is -0.350. The molecule has 1 aromatic carbocycles. The van der Waals surface area contributed by atoms with Crippen LogP contribution in [0.15, 0.2) is 40.2 Å². The Kier molecular flexibility index (Phi) is 4.62. The summed E-state index contributed by atoms with van der Waals surface area (Å²) < 4.78 is 1.20. The van der Waals surface area contributed by atoms with Gasteiger partial charge in [-0.15, -0.1) is 11.3 Å². The molecule has 2 rings (SSSR count). The average molecular weight is 331 g/mol. The highest BCUT2D eigenvalue weighted by Crippen LogP contribution is 2.24. The van der Waals surface area contributed by atoms with E-state index < -0.39 is 0 Å². The van der Waals surface area contributed by atoms with E-state index in [2.05, 4.69) is 51.5 Å². The molecule has 0 spiro atoms. The van der Waals surface area contributed by atoms with Crippen LogP contribution in [-0.4, -0.2) is 11.9 Å². The molecule has 0 unspecified atom stereocenters. The Morgan fingerprint density at radius 2 is 1.88 bits per heavy atom. The van der Waals surface area contributed by atoms with Crippen LogP contribution in [0.4, 0.5) is 0 Å². The first-order valence-electron chi connectivity index (χ1n) is 5.30. The molecule has 0 N–H and O–H groups in total. The van der Waals surface area contributed by atoms with Crippen molar-refractivity contribution in [3.63, 3.8) is 0 Å². The molecule has 1 nitrogen and oxygen atoms in total. The summed E-state index contributed by atoms with van der Waals surface area (Å²) in [6.45, 7) is 1.89. The largest absolute Gasteiger partial charge is 0.297 e. The highest BCUT2D eigenvalue weighted by atomic mass is 79.9. The van der Waals surface area contributed by atoms with Crippen LogP contribution in [0.5, 0.6) is 0 Å². The zero-order valence-corrected chi connectivity index (χ0v) is 12.6. The molecular formula is C13H13BrClNS. The zero-order valence-electron chi connectivity index (χ0n) is 9.49. The van der Waals surface area contributed by atoms with Crippen molar-refractivity contribution in [2.75, 3.05) is 7.05 Å². The topological polar surface area (TPSA) is 3.24 Å². The maximum atomic E-state index is 5.87. The number of thiophene rings is 1. The van der Waals surface area contributed by atoms with Crippen molar-refractivity contribution in [2.24, 2.45) is 0 Å². The number of halogens is 2. The average Bonchev–Trinajstić information content (AvgIpc) is 2.68. The van der Waals surface area contributed by atoms with Gasteiger partial charge in [-0.05, 0) is 52.1 Å². The quantitative estimate of drug-likeness (QED) is 0.778. The van der Waals surface area contributed by atoms with Crippen LogP contribution in [0.1, 0.15) is 10.4 Å². The van der Waals surface area contributed by atoms with Crippen LogP contribution in [0.3, 0.4) is 0 Å². The minimum absolute atomic E-state index is 0.789. The number of rotatable bonds is 4. The number of hydrogen-bond donors (Lipinski definition) is 0. The number of nitrogens with zero attached hydrogens (tertiary/aromatic N) is 1. The standard InChI is InChI=1S/C13H13BrClNS/c1-16(9-13-12(14)6-7-17-13)8-10-2-4-11(15)5-3-10/h2-7H,8-9H2,1H3. The van der Waals surface area contributed by atoms with Crippen LogP contribution < -0.4 is 0 Å². The lowest BCUT2D eigenvalue weighted by Crippen LogP contribution is -2.16. The highest BCUT2D eigenvalue weighted by Gasteiger charge is 2.06. The van der Waals surface area contributed by atoms with Gasteiger partial charge in [0.25, 0.3) is 0 Å². The van der Waals surface area contributed by atoms with Crippen molar-refractivity contribution < 1.29 is 0 Å². The molecule has 0 saturated heterocycles. The van der Waals surface area contributed by atoms with Crippen molar-refractivity contribution >= 4 is 38.9 Å². The van der Waals surface area contributed by atoms with Crippen molar-refractivity contribution in [3.05, 3.63) is 55.6 Å². The maximum absolute atomic E-state index is 5.87. The third-order valence-electron chi connectivity index (χ3n) is 2.47. The minimum atomic E-state index is 0.789. The van der Waals surface area contributed by atoms with Gasteiger partial charge >= 0.3 is 0 Å². The smallest absolute Gasteiger partial charge is 0.0406 e. The van der Waals surface area contributed by atoms with E-state index >= 15 is 0 Å². The predicted octanol–water partition coefficient (Wildman–Crippen LogP) is 4.80. The Labute approximate surface area is 119 Å². The van der Waals surface area contributed by atoms with Crippen molar-refractivity contribution in [1.29, 1.82) is 0 Å². The Bertz CT molecular complexity index is 480. The highest BCUT2D eigenvalue weighted by molar-refractivity contribution is 9.10. The Morgan fingerprint density at radius 3 is 2.47 bits per heavy atom. The van der Waals surface area contributed by atoms with Gasteiger partial charge in [0.05, 0.1) is 0 Å². The molecular weight excluding hydrogens is 318 g/mol. The summed E-state index contributed by atoms with van der Waals surface area (Å²) in [6, 6.07) is 10.1. The van der Waals surface area contributed by atoms with Crippen LogP contribution in [0, 0.1) is 0 Å². The third-order valence-corrected chi connectivity index (χ3v) is 4.63. The Morgan fingerprint density at radius 1 is 1.18 bits per heavy atom. The first-order chi connectivity index (χ1) is 8.15. The van der Waals surface area contributed by atoms with Crippen molar-refractivity contribution in [1.82, 2.24) is 4.90 Å². The monoisotopic (exact) mass is 329 g/mol. The molecule has 4 heteroatoms. The molecule has 1 aromatic heterocycles. The second-order valence-corrected chi connectivity index (χ2v) is 6.28. The van der Waals surface area contributed by atoms with Gasteiger partial charge in [-0.1, -0.05) is 23.7 Å². The molecule has 0 aliphatic rings. The van der Waals surface area contributed by atoms with E-state index in [4.69, 9.17) is 11.6 Å². The fraction of sp³-hybridized carbons (Fsp3) is 0.231. The van der Waals surface area contributed by atoms with E-state index in [0.29, 0.717) is 0 Å². The van der Waals surface area contributed by atoms with Crippen molar-refractivity contribution in [3.8, 4) is 0 Å². The molecule has 0 saturated carbocycles. The maximum Gasteiger partial charge on any atom is 0.0406 e. The summed E-state index contributed by atoms with van der Waals surface area (Å²) in [6.07, 6.45) is 0. The summed E-state index contributed by atoms with van der Waals surface area (Å²) in [5.74, 6) is 0. The molecule has 0 radical (unpaired) electrons. The summed E-state index contributed by atoms with van der Waals surface area (Å²) in [5, 5.41) is 2.90. The second kappa shape index (κ2) is 6.01. The molecule has 0 atom stereocenters. The molecule has 90 valence electrons. The van der Waals surface area contributed by atoms with Gasteiger partial charge in [-0.3, -0.25) is 4.90 Å². The first-order valence-corrected chi connectivity index (χ1v) is 7.35. The molecule has 0 bridgehead atoms. The molecule has 0 aliphatic heterocycles. The second-order valence-electron chi connectivity index (χ2n) is 3.99.